The third-order valence-electron chi connectivity index (χ3n) is 4.02. The van der Waals surface area contributed by atoms with Gasteiger partial charge in [-0.1, -0.05) is 24.3 Å². The van der Waals surface area contributed by atoms with Gasteiger partial charge in [-0.15, -0.1) is 11.8 Å². The van der Waals surface area contributed by atoms with E-state index in [1.165, 1.54) is 21.6 Å². The minimum atomic E-state index is -0.00170. The summed E-state index contributed by atoms with van der Waals surface area (Å²) in [5.74, 6) is 0.216. The predicted molar refractivity (Wildman–Crippen MR) is 93.7 cm³/mol. The second-order valence-corrected chi connectivity index (χ2v) is 7.09. The van der Waals surface area contributed by atoms with Crippen LogP contribution in [0, 0.1) is 13.8 Å². The van der Waals surface area contributed by atoms with E-state index in [0.29, 0.717) is 6.54 Å². The molecule has 2 nitrogen and oxygen atoms in total. The maximum Gasteiger partial charge on any atom is 0.240 e. The Balaban J connectivity index is 1.84. The van der Waals surface area contributed by atoms with Crippen molar-refractivity contribution in [3.63, 3.8) is 0 Å². The summed E-state index contributed by atoms with van der Waals surface area (Å²) in [6.45, 7) is 6.90. The number of benzene rings is 2. The summed E-state index contributed by atoms with van der Waals surface area (Å²) in [6.07, 6.45) is 0.834. The summed E-state index contributed by atoms with van der Waals surface area (Å²) in [6, 6.07) is 14.7. The maximum atomic E-state index is 13.0. The van der Waals surface area contributed by atoms with Crippen molar-refractivity contribution in [2.24, 2.45) is 0 Å². The number of nitrogens with zero attached hydrogens (tertiary/aromatic N) is 1. The Morgan fingerprint density at radius 3 is 2.50 bits per heavy atom. The molecule has 1 atom stereocenters. The second kappa shape index (κ2) is 6.17. The first-order chi connectivity index (χ1) is 10.6. The number of thioether (sulfide) groups is 1. The van der Waals surface area contributed by atoms with Crippen LogP contribution in [-0.2, 0) is 11.2 Å². The number of hydrogen-bond acceptors (Lipinski definition) is 2. The van der Waals surface area contributed by atoms with E-state index in [1.54, 1.807) is 11.8 Å². The van der Waals surface area contributed by atoms with Crippen molar-refractivity contribution in [1.29, 1.82) is 0 Å². The van der Waals surface area contributed by atoms with Gasteiger partial charge >= 0.3 is 0 Å². The lowest BCUT2D eigenvalue weighted by atomic mass is 10.1. The first-order valence-corrected chi connectivity index (χ1v) is 8.60. The molecule has 2 aromatic rings. The van der Waals surface area contributed by atoms with Gasteiger partial charge in [0.2, 0.25) is 5.91 Å². The highest BCUT2D eigenvalue weighted by Crippen LogP contribution is 2.38. The third kappa shape index (κ3) is 2.91. The molecule has 0 bridgehead atoms. The third-order valence-corrected chi connectivity index (χ3v) is 5.33. The standard InChI is InChI=1S/C19H21NOS/c1-4-20(16-10-13(2)9-14(3)11-16)19(21)18-12-15-7-5-6-8-17(15)22-18/h5-11,18H,4,12H2,1-3H3/t18-/m1/s1. The first kappa shape index (κ1) is 15.2. The summed E-state index contributed by atoms with van der Waals surface area (Å²) in [5.41, 5.74) is 4.70. The quantitative estimate of drug-likeness (QED) is 0.839. The molecular formula is C19H21NOS. The van der Waals surface area contributed by atoms with Gasteiger partial charge < -0.3 is 4.90 Å². The van der Waals surface area contributed by atoms with Gasteiger partial charge in [0.15, 0.2) is 0 Å². The van der Waals surface area contributed by atoms with Crippen LogP contribution in [0.4, 0.5) is 5.69 Å². The van der Waals surface area contributed by atoms with Crippen LogP contribution in [-0.4, -0.2) is 17.7 Å². The Labute approximate surface area is 136 Å². The van der Waals surface area contributed by atoms with Gasteiger partial charge in [0.1, 0.15) is 0 Å². The maximum absolute atomic E-state index is 13.0. The Hall–Kier alpha value is -1.74. The van der Waals surface area contributed by atoms with E-state index < -0.39 is 0 Å². The predicted octanol–water partition coefficient (Wildman–Crippen LogP) is 4.37. The molecule has 3 heteroatoms. The summed E-state index contributed by atoms with van der Waals surface area (Å²) in [4.78, 5) is 16.1. The lowest BCUT2D eigenvalue weighted by Crippen LogP contribution is -2.37. The molecule has 114 valence electrons. The lowest BCUT2D eigenvalue weighted by molar-refractivity contribution is -0.118. The molecule has 0 aromatic heterocycles. The van der Waals surface area contributed by atoms with Gasteiger partial charge in [0.05, 0.1) is 5.25 Å². The Morgan fingerprint density at radius 2 is 1.86 bits per heavy atom. The lowest BCUT2D eigenvalue weighted by Gasteiger charge is -2.24. The fourth-order valence-electron chi connectivity index (χ4n) is 3.07. The highest BCUT2D eigenvalue weighted by molar-refractivity contribution is 8.01. The van der Waals surface area contributed by atoms with Gasteiger partial charge in [-0.3, -0.25) is 4.79 Å². The number of amides is 1. The Kier molecular flexibility index (Phi) is 4.25. The van der Waals surface area contributed by atoms with Gasteiger partial charge in [-0.25, -0.2) is 0 Å². The van der Waals surface area contributed by atoms with Crippen LogP contribution < -0.4 is 4.90 Å². The number of aryl methyl sites for hydroxylation is 2. The smallest absolute Gasteiger partial charge is 0.240 e. The number of anilines is 1. The number of hydrogen-bond donors (Lipinski definition) is 0. The molecule has 1 amide bonds. The average molecular weight is 311 g/mol. The van der Waals surface area contributed by atoms with Crippen molar-refractivity contribution in [2.45, 2.75) is 37.3 Å². The molecule has 3 rings (SSSR count). The Bertz CT molecular complexity index is 665. The molecule has 1 aliphatic heterocycles. The van der Waals surface area contributed by atoms with Crippen molar-refractivity contribution in [2.75, 3.05) is 11.4 Å². The van der Waals surface area contributed by atoms with E-state index in [9.17, 15) is 4.79 Å². The Morgan fingerprint density at radius 1 is 1.18 bits per heavy atom. The van der Waals surface area contributed by atoms with Crippen LogP contribution in [0.2, 0.25) is 0 Å². The second-order valence-electron chi connectivity index (χ2n) is 5.85. The normalized spacial score (nSPS) is 16.4. The zero-order valence-electron chi connectivity index (χ0n) is 13.3. The van der Waals surface area contributed by atoms with Crippen LogP contribution in [0.5, 0.6) is 0 Å². The molecular weight excluding hydrogens is 290 g/mol. The largest absolute Gasteiger partial charge is 0.312 e. The van der Waals surface area contributed by atoms with Gasteiger partial charge in [0.25, 0.3) is 0 Å². The highest BCUT2D eigenvalue weighted by Gasteiger charge is 2.31. The molecule has 0 N–H and O–H groups in total. The van der Waals surface area contributed by atoms with Crippen LogP contribution >= 0.6 is 11.8 Å². The fraction of sp³-hybridized carbons (Fsp3) is 0.316. The van der Waals surface area contributed by atoms with Gasteiger partial charge in [-0.2, -0.15) is 0 Å². The number of fused-ring (bicyclic) bond motifs is 1. The van der Waals surface area contributed by atoms with E-state index in [1.807, 2.05) is 24.0 Å². The molecule has 22 heavy (non-hydrogen) atoms. The van der Waals surface area contributed by atoms with Gasteiger partial charge in [-0.05, 0) is 62.1 Å². The van der Waals surface area contributed by atoms with E-state index >= 15 is 0 Å². The molecule has 0 unspecified atom stereocenters. The van der Waals surface area contributed by atoms with E-state index in [-0.39, 0.29) is 11.2 Å². The summed E-state index contributed by atoms with van der Waals surface area (Å²) in [7, 11) is 0. The average Bonchev–Trinajstić information content (AvgIpc) is 2.90. The molecule has 0 aliphatic carbocycles. The van der Waals surface area contributed by atoms with Crippen LogP contribution in [0.25, 0.3) is 0 Å². The number of rotatable bonds is 3. The van der Waals surface area contributed by atoms with E-state index in [0.717, 1.165) is 12.1 Å². The first-order valence-electron chi connectivity index (χ1n) is 7.72. The molecule has 0 saturated carbocycles. The van der Waals surface area contributed by atoms with Crippen LogP contribution in [0.15, 0.2) is 47.4 Å². The van der Waals surface area contributed by atoms with Crippen LogP contribution in [0.3, 0.4) is 0 Å². The molecule has 1 aliphatic rings. The molecule has 0 fully saturated rings. The minimum absolute atomic E-state index is 0.00170. The highest BCUT2D eigenvalue weighted by atomic mass is 32.2. The van der Waals surface area contributed by atoms with E-state index in [4.69, 9.17) is 0 Å². The van der Waals surface area contributed by atoms with Crippen molar-refractivity contribution in [3.05, 3.63) is 59.2 Å². The minimum Gasteiger partial charge on any atom is -0.312 e. The SMILES string of the molecule is CCN(C(=O)[C@H]1Cc2ccccc2S1)c1cc(C)cc(C)c1. The van der Waals surface area contributed by atoms with Crippen molar-refractivity contribution >= 4 is 23.4 Å². The molecule has 2 aromatic carbocycles. The van der Waals surface area contributed by atoms with Gasteiger partial charge in [0, 0.05) is 17.1 Å². The number of carbonyl (C=O) groups is 1. The molecule has 1 heterocycles. The summed E-state index contributed by atoms with van der Waals surface area (Å²) in [5, 5.41) is -0.00170. The summed E-state index contributed by atoms with van der Waals surface area (Å²) < 4.78 is 0. The monoisotopic (exact) mass is 311 g/mol. The zero-order chi connectivity index (χ0) is 15.7. The van der Waals surface area contributed by atoms with Crippen molar-refractivity contribution in [1.82, 2.24) is 0 Å². The van der Waals surface area contributed by atoms with Crippen LogP contribution in [0.1, 0.15) is 23.6 Å². The number of carbonyl (C=O) groups excluding carboxylic acids is 1. The molecule has 0 radical (unpaired) electrons. The summed E-state index contributed by atoms with van der Waals surface area (Å²) >= 11 is 1.70. The van der Waals surface area contributed by atoms with E-state index in [2.05, 4.69) is 44.2 Å². The van der Waals surface area contributed by atoms with Crippen molar-refractivity contribution < 1.29 is 4.79 Å². The van der Waals surface area contributed by atoms with Crippen molar-refractivity contribution in [3.8, 4) is 0 Å². The zero-order valence-corrected chi connectivity index (χ0v) is 14.1. The molecule has 0 saturated heterocycles. The topological polar surface area (TPSA) is 20.3 Å². The fourth-order valence-corrected chi connectivity index (χ4v) is 4.32. The molecule has 0 spiro atoms.